The first kappa shape index (κ1) is 15.8. The number of hydrogen-bond donors (Lipinski definition) is 1. The summed E-state index contributed by atoms with van der Waals surface area (Å²) in [5.41, 5.74) is 0. The van der Waals surface area contributed by atoms with Crippen molar-refractivity contribution in [2.75, 3.05) is 26.2 Å². The van der Waals surface area contributed by atoms with Crippen LogP contribution in [0.15, 0.2) is 0 Å². The molecule has 0 aromatic carbocycles. The van der Waals surface area contributed by atoms with Gasteiger partial charge in [0.1, 0.15) is 0 Å². The number of carboxylic acids is 1. The van der Waals surface area contributed by atoms with Gasteiger partial charge in [0.25, 0.3) is 0 Å². The first-order chi connectivity index (χ1) is 9.99. The molecule has 2 fully saturated rings. The highest BCUT2D eigenvalue weighted by Crippen LogP contribution is 2.30. The van der Waals surface area contributed by atoms with Crippen LogP contribution >= 0.6 is 0 Å². The van der Waals surface area contributed by atoms with E-state index in [1.807, 2.05) is 4.90 Å². The largest absolute Gasteiger partial charge is 0.481 e. The Morgan fingerprint density at radius 2 is 1.52 bits per heavy atom. The molecule has 0 radical (unpaired) electrons. The van der Waals surface area contributed by atoms with E-state index >= 15 is 0 Å². The zero-order chi connectivity index (χ0) is 15.4. The van der Waals surface area contributed by atoms with E-state index in [1.165, 1.54) is 0 Å². The van der Waals surface area contributed by atoms with E-state index in [1.54, 1.807) is 11.8 Å². The Labute approximate surface area is 125 Å². The highest BCUT2D eigenvalue weighted by atomic mass is 16.4. The van der Waals surface area contributed by atoms with E-state index in [0.29, 0.717) is 39.0 Å². The molecule has 2 amide bonds. The molecule has 6 nitrogen and oxygen atoms in total. The fourth-order valence-electron chi connectivity index (χ4n) is 3.35. The van der Waals surface area contributed by atoms with Crippen LogP contribution in [0.5, 0.6) is 0 Å². The van der Waals surface area contributed by atoms with Gasteiger partial charge < -0.3 is 14.9 Å². The van der Waals surface area contributed by atoms with Crippen molar-refractivity contribution in [2.45, 2.75) is 39.0 Å². The highest BCUT2D eigenvalue weighted by Gasteiger charge is 2.33. The summed E-state index contributed by atoms with van der Waals surface area (Å²) in [6, 6.07) is 0. The smallest absolute Gasteiger partial charge is 0.306 e. The average Bonchev–Trinajstić information content (AvgIpc) is 2.72. The third-order valence-corrected chi connectivity index (χ3v) is 4.63. The SMILES string of the molecule is CC(=O)N1CCCN(C(=O)C2CCCC(C(=O)O)C2)CC1. The zero-order valence-corrected chi connectivity index (χ0v) is 12.6. The molecule has 118 valence electrons. The second-order valence-corrected chi connectivity index (χ2v) is 6.08. The van der Waals surface area contributed by atoms with Crippen LogP contribution in [0.3, 0.4) is 0 Å². The number of carbonyl (C=O) groups excluding carboxylic acids is 2. The lowest BCUT2D eigenvalue weighted by Gasteiger charge is -2.30. The van der Waals surface area contributed by atoms with Gasteiger partial charge in [0.2, 0.25) is 11.8 Å². The molecule has 1 saturated heterocycles. The Kier molecular flexibility index (Phi) is 5.20. The summed E-state index contributed by atoms with van der Waals surface area (Å²) in [5, 5.41) is 9.12. The molecular weight excluding hydrogens is 272 g/mol. The van der Waals surface area contributed by atoms with Crippen LogP contribution in [-0.2, 0) is 14.4 Å². The van der Waals surface area contributed by atoms with Crippen LogP contribution < -0.4 is 0 Å². The molecule has 2 unspecified atom stereocenters. The van der Waals surface area contributed by atoms with E-state index in [-0.39, 0.29) is 23.7 Å². The third kappa shape index (κ3) is 3.95. The topological polar surface area (TPSA) is 77.9 Å². The van der Waals surface area contributed by atoms with Gasteiger partial charge in [0.05, 0.1) is 5.92 Å². The van der Waals surface area contributed by atoms with E-state index in [4.69, 9.17) is 5.11 Å². The first-order valence-electron chi connectivity index (χ1n) is 7.76. The van der Waals surface area contributed by atoms with E-state index < -0.39 is 5.97 Å². The van der Waals surface area contributed by atoms with Crippen molar-refractivity contribution in [1.82, 2.24) is 9.80 Å². The van der Waals surface area contributed by atoms with Crippen molar-refractivity contribution in [3.63, 3.8) is 0 Å². The summed E-state index contributed by atoms with van der Waals surface area (Å²) >= 11 is 0. The van der Waals surface area contributed by atoms with Gasteiger partial charge in [0, 0.05) is 39.0 Å². The Morgan fingerprint density at radius 3 is 2.19 bits per heavy atom. The second-order valence-electron chi connectivity index (χ2n) is 6.08. The van der Waals surface area contributed by atoms with Crippen LogP contribution in [0.4, 0.5) is 0 Å². The monoisotopic (exact) mass is 296 g/mol. The van der Waals surface area contributed by atoms with Gasteiger partial charge in [-0.2, -0.15) is 0 Å². The van der Waals surface area contributed by atoms with Gasteiger partial charge in [-0.1, -0.05) is 6.42 Å². The molecule has 2 aliphatic rings. The normalized spacial score (nSPS) is 27.1. The minimum absolute atomic E-state index is 0.0490. The number of carboxylic acid groups (broad SMARTS) is 1. The lowest BCUT2D eigenvalue weighted by Crippen LogP contribution is -2.41. The van der Waals surface area contributed by atoms with Crippen molar-refractivity contribution < 1.29 is 19.5 Å². The minimum Gasteiger partial charge on any atom is -0.481 e. The van der Waals surface area contributed by atoms with Crippen LogP contribution in [0.25, 0.3) is 0 Å². The van der Waals surface area contributed by atoms with Gasteiger partial charge in [-0.25, -0.2) is 0 Å². The van der Waals surface area contributed by atoms with Crippen LogP contribution in [0.2, 0.25) is 0 Å². The molecule has 2 rings (SSSR count). The van der Waals surface area contributed by atoms with Crippen molar-refractivity contribution in [3.8, 4) is 0 Å². The first-order valence-corrected chi connectivity index (χ1v) is 7.76. The Bertz CT molecular complexity index is 424. The molecule has 0 aromatic rings. The summed E-state index contributed by atoms with van der Waals surface area (Å²) in [4.78, 5) is 38.7. The molecule has 2 atom stereocenters. The molecule has 0 spiro atoms. The molecular formula is C15H24N2O4. The molecule has 1 saturated carbocycles. The van der Waals surface area contributed by atoms with Gasteiger partial charge in [-0.3, -0.25) is 14.4 Å². The summed E-state index contributed by atoms with van der Waals surface area (Å²) in [5.74, 6) is -1.21. The Balaban J connectivity index is 1.93. The van der Waals surface area contributed by atoms with Crippen LogP contribution in [-0.4, -0.2) is 58.9 Å². The summed E-state index contributed by atoms with van der Waals surface area (Å²) in [6.07, 6.45) is 3.52. The number of rotatable bonds is 2. The number of aliphatic carboxylic acids is 1. The summed E-state index contributed by atoms with van der Waals surface area (Å²) < 4.78 is 0. The van der Waals surface area contributed by atoms with Gasteiger partial charge in [0.15, 0.2) is 0 Å². The molecule has 1 aliphatic heterocycles. The van der Waals surface area contributed by atoms with Crippen molar-refractivity contribution >= 4 is 17.8 Å². The maximum Gasteiger partial charge on any atom is 0.306 e. The Hall–Kier alpha value is -1.59. The van der Waals surface area contributed by atoms with Crippen molar-refractivity contribution in [1.29, 1.82) is 0 Å². The van der Waals surface area contributed by atoms with Gasteiger partial charge in [-0.05, 0) is 25.7 Å². The predicted octanol–water partition coefficient (Wildman–Crippen LogP) is 0.958. The number of hydrogen-bond acceptors (Lipinski definition) is 3. The van der Waals surface area contributed by atoms with Gasteiger partial charge in [-0.15, -0.1) is 0 Å². The molecule has 0 bridgehead atoms. The van der Waals surface area contributed by atoms with Crippen molar-refractivity contribution in [3.05, 3.63) is 0 Å². The number of nitrogens with zero attached hydrogens (tertiary/aromatic N) is 2. The molecule has 1 N–H and O–H groups in total. The molecule has 1 heterocycles. The molecule has 6 heteroatoms. The molecule has 1 aliphatic carbocycles. The lowest BCUT2D eigenvalue weighted by atomic mass is 9.80. The van der Waals surface area contributed by atoms with Crippen LogP contribution in [0, 0.1) is 11.8 Å². The third-order valence-electron chi connectivity index (χ3n) is 4.63. The van der Waals surface area contributed by atoms with Crippen LogP contribution in [0.1, 0.15) is 39.0 Å². The number of carbonyl (C=O) groups is 3. The van der Waals surface area contributed by atoms with E-state index in [2.05, 4.69) is 0 Å². The second kappa shape index (κ2) is 6.91. The summed E-state index contributed by atoms with van der Waals surface area (Å²) in [6.45, 7) is 4.05. The molecule has 0 aromatic heterocycles. The number of amides is 2. The maximum absolute atomic E-state index is 12.6. The predicted molar refractivity (Wildman–Crippen MR) is 76.5 cm³/mol. The summed E-state index contributed by atoms with van der Waals surface area (Å²) in [7, 11) is 0. The quantitative estimate of drug-likeness (QED) is 0.823. The van der Waals surface area contributed by atoms with Crippen molar-refractivity contribution in [2.24, 2.45) is 11.8 Å². The lowest BCUT2D eigenvalue weighted by molar-refractivity contribution is -0.145. The fraction of sp³-hybridized carbons (Fsp3) is 0.800. The minimum atomic E-state index is -0.786. The Morgan fingerprint density at radius 1 is 0.905 bits per heavy atom. The highest BCUT2D eigenvalue weighted by molar-refractivity contribution is 5.80. The molecule has 21 heavy (non-hydrogen) atoms. The fourth-order valence-corrected chi connectivity index (χ4v) is 3.35. The standard InChI is InChI=1S/C15H24N2O4/c1-11(18)16-6-3-7-17(9-8-16)14(19)12-4-2-5-13(10-12)15(20)21/h12-13H,2-10H2,1H3,(H,20,21). The average molecular weight is 296 g/mol. The van der Waals surface area contributed by atoms with Gasteiger partial charge >= 0.3 is 5.97 Å². The zero-order valence-electron chi connectivity index (χ0n) is 12.6. The maximum atomic E-state index is 12.6. The van der Waals surface area contributed by atoms with E-state index in [0.717, 1.165) is 19.3 Å². The van der Waals surface area contributed by atoms with E-state index in [9.17, 15) is 14.4 Å².